The molecule has 0 bridgehead atoms. The van der Waals surface area contributed by atoms with Gasteiger partial charge < -0.3 is 5.73 Å². The first-order valence-corrected chi connectivity index (χ1v) is 8.14. The van der Waals surface area contributed by atoms with E-state index in [2.05, 4.69) is 5.92 Å². The highest BCUT2D eigenvalue weighted by molar-refractivity contribution is 5.95. The van der Waals surface area contributed by atoms with Crippen LogP contribution >= 0.6 is 0 Å². The van der Waals surface area contributed by atoms with Crippen LogP contribution < -0.4 is 11.3 Å². The lowest BCUT2D eigenvalue weighted by atomic mass is 9.98. The Kier molecular flexibility index (Phi) is 3.30. The van der Waals surface area contributed by atoms with Gasteiger partial charge in [-0.15, -0.1) is 6.42 Å². The third-order valence-electron chi connectivity index (χ3n) is 4.81. The fourth-order valence-corrected chi connectivity index (χ4v) is 3.85. The molecule has 3 aromatic rings. The average Bonchev–Trinajstić information content (AvgIpc) is 3.02. The molecule has 118 valence electrons. The maximum absolute atomic E-state index is 13.4. The number of nitrogens with zero attached hydrogens (tertiary/aromatic N) is 1. The Labute approximate surface area is 140 Å². The zero-order chi connectivity index (χ0) is 16.8. The quantitative estimate of drug-likeness (QED) is 0.739. The third kappa shape index (κ3) is 1.94. The van der Waals surface area contributed by atoms with Crippen LogP contribution in [-0.4, -0.2) is 4.57 Å². The van der Waals surface area contributed by atoms with Gasteiger partial charge in [0.15, 0.2) is 0 Å². The molecule has 1 aromatic heterocycles. The Bertz CT molecular complexity index is 1050. The molecule has 0 radical (unpaired) electrons. The van der Waals surface area contributed by atoms with Crippen molar-refractivity contribution in [3.8, 4) is 18.0 Å². The number of hydrogen-bond donors (Lipinski definition) is 1. The molecule has 0 saturated carbocycles. The fourth-order valence-electron chi connectivity index (χ4n) is 3.85. The van der Waals surface area contributed by atoms with Crippen molar-refractivity contribution in [2.45, 2.75) is 25.8 Å². The van der Waals surface area contributed by atoms with Crippen LogP contribution in [0.4, 0.5) is 0 Å². The summed E-state index contributed by atoms with van der Waals surface area (Å²) in [7, 11) is 0. The number of aryl methyl sites for hydroxylation is 2. The van der Waals surface area contributed by atoms with Gasteiger partial charge in [0.1, 0.15) is 0 Å². The molecule has 4 rings (SSSR count). The lowest BCUT2D eigenvalue weighted by molar-refractivity contribution is 0.718. The number of pyridine rings is 1. The average molecular weight is 314 g/mol. The summed E-state index contributed by atoms with van der Waals surface area (Å²) in [5, 5.41) is 1.67. The SMILES string of the molecule is C#Cc1ccc2c3c(c(C(C)N)n(-c4ccccc4)c(=O)c13)CC2. The number of nitrogens with two attached hydrogens (primary N) is 1. The molecule has 1 unspecified atom stereocenters. The summed E-state index contributed by atoms with van der Waals surface area (Å²) in [6.07, 6.45) is 7.49. The molecule has 2 N–H and O–H groups in total. The minimum Gasteiger partial charge on any atom is -0.323 e. The first kappa shape index (κ1) is 14.7. The van der Waals surface area contributed by atoms with E-state index in [-0.39, 0.29) is 11.6 Å². The molecule has 0 aliphatic heterocycles. The summed E-state index contributed by atoms with van der Waals surface area (Å²) in [6, 6.07) is 13.3. The summed E-state index contributed by atoms with van der Waals surface area (Å²) in [5.74, 6) is 2.68. The lowest BCUT2D eigenvalue weighted by Gasteiger charge is -2.20. The van der Waals surface area contributed by atoms with Crippen LogP contribution in [-0.2, 0) is 12.8 Å². The van der Waals surface area contributed by atoms with E-state index in [0.717, 1.165) is 35.2 Å². The topological polar surface area (TPSA) is 48.0 Å². The summed E-state index contributed by atoms with van der Waals surface area (Å²) in [4.78, 5) is 13.4. The van der Waals surface area contributed by atoms with E-state index in [1.54, 1.807) is 4.57 Å². The Morgan fingerprint density at radius 1 is 1.12 bits per heavy atom. The van der Waals surface area contributed by atoms with Crippen molar-refractivity contribution in [3.05, 3.63) is 75.2 Å². The second-order valence-electron chi connectivity index (χ2n) is 6.30. The monoisotopic (exact) mass is 314 g/mol. The van der Waals surface area contributed by atoms with Crippen LogP contribution in [0.2, 0.25) is 0 Å². The maximum Gasteiger partial charge on any atom is 0.264 e. The molecule has 1 aliphatic rings. The summed E-state index contributed by atoms with van der Waals surface area (Å²) in [5.41, 5.74) is 10.9. The third-order valence-corrected chi connectivity index (χ3v) is 4.81. The number of para-hydroxylation sites is 1. The maximum atomic E-state index is 13.4. The fraction of sp³-hybridized carbons (Fsp3) is 0.190. The standard InChI is InChI=1S/C21H18N2O/c1-3-14-9-10-15-11-12-17-18(15)19(14)21(24)23(20(17)13(2)22)16-7-5-4-6-8-16/h1,4-10,13H,11-12,22H2,2H3. The van der Waals surface area contributed by atoms with Gasteiger partial charge in [-0.3, -0.25) is 9.36 Å². The van der Waals surface area contributed by atoms with Crippen LogP contribution in [0.3, 0.4) is 0 Å². The molecule has 3 heteroatoms. The molecule has 1 atom stereocenters. The summed E-state index contributed by atoms with van der Waals surface area (Å²) >= 11 is 0. The predicted octanol–water partition coefficient (Wildman–Crippen LogP) is 3.09. The van der Waals surface area contributed by atoms with Crippen molar-refractivity contribution in [3.63, 3.8) is 0 Å². The number of benzene rings is 2. The van der Waals surface area contributed by atoms with Crippen LogP contribution in [0.1, 0.15) is 35.3 Å². The number of hydrogen-bond acceptors (Lipinski definition) is 2. The second kappa shape index (κ2) is 5.36. The van der Waals surface area contributed by atoms with E-state index in [4.69, 9.17) is 12.2 Å². The van der Waals surface area contributed by atoms with Crippen molar-refractivity contribution < 1.29 is 0 Å². The molecule has 0 saturated heterocycles. The van der Waals surface area contributed by atoms with Crippen molar-refractivity contribution in [1.82, 2.24) is 4.57 Å². The van der Waals surface area contributed by atoms with Gasteiger partial charge in [-0.05, 0) is 54.5 Å². The first-order chi connectivity index (χ1) is 11.6. The molecular formula is C21H18N2O. The molecule has 1 aliphatic carbocycles. The smallest absolute Gasteiger partial charge is 0.264 e. The van der Waals surface area contributed by atoms with Crippen LogP contribution in [0, 0.1) is 12.3 Å². The Hall–Kier alpha value is -2.83. The molecule has 24 heavy (non-hydrogen) atoms. The van der Waals surface area contributed by atoms with E-state index < -0.39 is 0 Å². The zero-order valence-corrected chi connectivity index (χ0v) is 13.5. The molecule has 0 amide bonds. The van der Waals surface area contributed by atoms with E-state index in [9.17, 15) is 4.79 Å². The predicted molar refractivity (Wildman–Crippen MR) is 97.5 cm³/mol. The highest BCUT2D eigenvalue weighted by Gasteiger charge is 2.26. The minimum absolute atomic E-state index is 0.0797. The largest absolute Gasteiger partial charge is 0.323 e. The highest BCUT2D eigenvalue weighted by atomic mass is 16.1. The molecule has 2 aromatic carbocycles. The molecule has 0 spiro atoms. The highest BCUT2D eigenvalue weighted by Crippen LogP contribution is 2.35. The Morgan fingerprint density at radius 2 is 1.88 bits per heavy atom. The van der Waals surface area contributed by atoms with Crippen LogP contribution in [0.25, 0.3) is 16.5 Å². The van der Waals surface area contributed by atoms with Gasteiger partial charge in [-0.2, -0.15) is 0 Å². The van der Waals surface area contributed by atoms with Gasteiger partial charge in [0.25, 0.3) is 5.56 Å². The number of rotatable bonds is 2. The first-order valence-electron chi connectivity index (χ1n) is 8.14. The minimum atomic E-state index is -0.238. The van der Waals surface area contributed by atoms with Crippen LogP contribution in [0.5, 0.6) is 0 Å². The van der Waals surface area contributed by atoms with Crippen LogP contribution in [0.15, 0.2) is 47.3 Å². The molecular weight excluding hydrogens is 296 g/mol. The number of aromatic nitrogens is 1. The van der Waals surface area contributed by atoms with E-state index in [0.29, 0.717) is 10.9 Å². The second-order valence-corrected chi connectivity index (χ2v) is 6.30. The summed E-state index contributed by atoms with van der Waals surface area (Å²) < 4.78 is 1.75. The normalized spacial score (nSPS) is 13.9. The van der Waals surface area contributed by atoms with Gasteiger partial charge in [0.05, 0.1) is 5.39 Å². The van der Waals surface area contributed by atoms with Crippen molar-refractivity contribution in [2.24, 2.45) is 5.73 Å². The Morgan fingerprint density at radius 3 is 2.54 bits per heavy atom. The summed E-state index contributed by atoms with van der Waals surface area (Å²) in [6.45, 7) is 1.93. The molecule has 0 fully saturated rings. The molecule has 3 nitrogen and oxygen atoms in total. The lowest BCUT2D eigenvalue weighted by Crippen LogP contribution is -2.27. The van der Waals surface area contributed by atoms with Gasteiger partial charge in [-0.1, -0.05) is 30.2 Å². The van der Waals surface area contributed by atoms with Gasteiger partial charge in [-0.25, -0.2) is 0 Å². The number of terminal acetylenes is 1. The van der Waals surface area contributed by atoms with E-state index >= 15 is 0 Å². The van der Waals surface area contributed by atoms with Crippen molar-refractivity contribution >= 4 is 10.8 Å². The van der Waals surface area contributed by atoms with Crippen molar-refractivity contribution in [2.75, 3.05) is 0 Å². The molecule has 1 heterocycles. The van der Waals surface area contributed by atoms with Gasteiger partial charge in [0.2, 0.25) is 0 Å². The van der Waals surface area contributed by atoms with Gasteiger partial charge >= 0.3 is 0 Å². The van der Waals surface area contributed by atoms with E-state index in [1.165, 1.54) is 5.56 Å². The van der Waals surface area contributed by atoms with Crippen molar-refractivity contribution in [1.29, 1.82) is 0 Å². The van der Waals surface area contributed by atoms with Gasteiger partial charge in [0, 0.05) is 23.0 Å². The zero-order valence-electron chi connectivity index (χ0n) is 13.5. The van der Waals surface area contributed by atoms with E-state index in [1.807, 2.05) is 49.4 Å². The Balaban J connectivity index is 2.26.